The third-order valence-corrected chi connectivity index (χ3v) is 4.22. The Bertz CT molecular complexity index is 399. The van der Waals surface area contributed by atoms with Crippen LogP contribution in [0, 0.1) is 0 Å². The first kappa shape index (κ1) is 15.3. The van der Waals surface area contributed by atoms with Crippen molar-refractivity contribution < 1.29 is 0 Å². The first-order valence-corrected chi connectivity index (χ1v) is 7.91. The minimum atomic E-state index is 0.173. The highest BCUT2D eigenvalue weighted by Crippen LogP contribution is 2.22. The lowest BCUT2D eigenvalue weighted by atomic mass is 9.88. The monoisotopic (exact) mass is 275 g/mol. The summed E-state index contributed by atoms with van der Waals surface area (Å²) in [7, 11) is 0. The second-order valence-corrected chi connectivity index (χ2v) is 7.01. The molecule has 0 amide bonds. The Kier molecular flexibility index (Phi) is 5.03. The van der Waals surface area contributed by atoms with E-state index in [4.69, 9.17) is 0 Å². The van der Waals surface area contributed by atoms with Gasteiger partial charge >= 0.3 is 0 Å². The van der Waals surface area contributed by atoms with E-state index >= 15 is 0 Å². The SMILES string of the molecule is CC(CNc1ccc(C(C)(C)C)cn1)N1CCCCC1. The maximum atomic E-state index is 4.53. The summed E-state index contributed by atoms with van der Waals surface area (Å²) in [5.41, 5.74) is 1.46. The van der Waals surface area contributed by atoms with Crippen molar-refractivity contribution in [2.45, 2.75) is 58.4 Å². The Balaban J connectivity index is 1.84. The number of rotatable bonds is 4. The van der Waals surface area contributed by atoms with Gasteiger partial charge in [0.1, 0.15) is 5.82 Å². The molecule has 1 saturated heterocycles. The lowest BCUT2D eigenvalue weighted by Gasteiger charge is -2.32. The first-order valence-electron chi connectivity index (χ1n) is 7.91. The molecule has 0 aliphatic carbocycles. The molecular weight excluding hydrogens is 246 g/mol. The van der Waals surface area contributed by atoms with Crippen LogP contribution in [0.3, 0.4) is 0 Å². The van der Waals surface area contributed by atoms with Gasteiger partial charge in [-0.2, -0.15) is 0 Å². The zero-order chi connectivity index (χ0) is 14.6. The van der Waals surface area contributed by atoms with Crippen molar-refractivity contribution in [3.8, 4) is 0 Å². The highest BCUT2D eigenvalue weighted by molar-refractivity contribution is 5.37. The van der Waals surface area contributed by atoms with Crippen LogP contribution in [0.1, 0.15) is 52.5 Å². The van der Waals surface area contributed by atoms with Gasteiger partial charge in [0.15, 0.2) is 0 Å². The summed E-state index contributed by atoms with van der Waals surface area (Å²) in [6.07, 6.45) is 6.09. The van der Waals surface area contributed by atoms with Crippen LogP contribution in [0.25, 0.3) is 0 Å². The smallest absolute Gasteiger partial charge is 0.125 e. The van der Waals surface area contributed by atoms with Crippen LogP contribution in [0.2, 0.25) is 0 Å². The summed E-state index contributed by atoms with van der Waals surface area (Å²) in [4.78, 5) is 7.12. The Labute approximate surface area is 123 Å². The molecule has 3 nitrogen and oxygen atoms in total. The predicted molar refractivity (Wildman–Crippen MR) is 86.3 cm³/mol. The standard InChI is InChI=1S/C17H29N3/c1-14(20-10-6-5-7-11-20)12-18-16-9-8-15(13-19-16)17(2,3)4/h8-9,13-14H,5-7,10-12H2,1-4H3,(H,18,19). The van der Waals surface area contributed by atoms with Gasteiger partial charge in [-0.15, -0.1) is 0 Å². The molecule has 1 aliphatic rings. The average molecular weight is 275 g/mol. The molecule has 0 bridgehead atoms. The molecule has 2 rings (SSSR count). The normalized spacial score (nSPS) is 18.8. The number of aromatic nitrogens is 1. The molecule has 1 aliphatic heterocycles. The van der Waals surface area contributed by atoms with Gasteiger partial charge in [0.05, 0.1) is 0 Å². The highest BCUT2D eigenvalue weighted by Gasteiger charge is 2.17. The number of hydrogen-bond donors (Lipinski definition) is 1. The minimum absolute atomic E-state index is 0.173. The second-order valence-electron chi connectivity index (χ2n) is 7.01. The largest absolute Gasteiger partial charge is 0.369 e. The van der Waals surface area contributed by atoms with E-state index in [1.54, 1.807) is 0 Å². The van der Waals surface area contributed by atoms with Gasteiger partial charge in [0, 0.05) is 18.8 Å². The van der Waals surface area contributed by atoms with E-state index in [-0.39, 0.29) is 5.41 Å². The summed E-state index contributed by atoms with van der Waals surface area (Å²) < 4.78 is 0. The highest BCUT2D eigenvalue weighted by atomic mass is 15.2. The summed E-state index contributed by atoms with van der Waals surface area (Å²) in [6.45, 7) is 12.4. The van der Waals surface area contributed by atoms with Crippen LogP contribution in [0.4, 0.5) is 5.82 Å². The van der Waals surface area contributed by atoms with Crippen molar-refractivity contribution in [2.75, 3.05) is 25.0 Å². The summed E-state index contributed by atoms with van der Waals surface area (Å²) >= 11 is 0. The van der Waals surface area contributed by atoms with E-state index in [1.807, 2.05) is 6.20 Å². The first-order chi connectivity index (χ1) is 9.47. The van der Waals surface area contributed by atoms with Crippen LogP contribution < -0.4 is 5.32 Å². The second kappa shape index (κ2) is 6.57. The van der Waals surface area contributed by atoms with Crippen LogP contribution in [-0.2, 0) is 5.41 Å². The quantitative estimate of drug-likeness (QED) is 0.909. The fourth-order valence-corrected chi connectivity index (χ4v) is 2.68. The molecule has 3 heteroatoms. The average Bonchev–Trinajstić information content (AvgIpc) is 2.45. The minimum Gasteiger partial charge on any atom is -0.369 e. The Morgan fingerprint density at radius 1 is 1.20 bits per heavy atom. The van der Waals surface area contributed by atoms with Gasteiger partial charge in [-0.3, -0.25) is 4.90 Å². The molecular formula is C17H29N3. The third kappa shape index (κ3) is 4.20. The molecule has 0 aromatic carbocycles. The van der Waals surface area contributed by atoms with Gasteiger partial charge in [-0.25, -0.2) is 4.98 Å². The topological polar surface area (TPSA) is 28.2 Å². The maximum absolute atomic E-state index is 4.53. The number of nitrogens with one attached hydrogen (secondary N) is 1. The van der Waals surface area contributed by atoms with Crippen molar-refractivity contribution in [2.24, 2.45) is 0 Å². The summed E-state index contributed by atoms with van der Waals surface area (Å²) in [5, 5.41) is 3.47. The van der Waals surface area contributed by atoms with E-state index in [1.165, 1.54) is 37.9 Å². The Morgan fingerprint density at radius 3 is 2.45 bits per heavy atom. The fourth-order valence-electron chi connectivity index (χ4n) is 2.68. The molecule has 1 aromatic heterocycles. The van der Waals surface area contributed by atoms with E-state index in [2.05, 4.69) is 55.0 Å². The molecule has 2 heterocycles. The number of likely N-dealkylation sites (tertiary alicyclic amines) is 1. The lowest BCUT2D eigenvalue weighted by Crippen LogP contribution is -2.41. The zero-order valence-corrected chi connectivity index (χ0v) is 13.4. The summed E-state index contributed by atoms with van der Waals surface area (Å²) in [5.74, 6) is 0.988. The molecule has 20 heavy (non-hydrogen) atoms. The van der Waals surface area contributed by atoms with E-state index in [0.717, 1.165) is 12.4 Å². The molecule has 0 saturated carbocycles. The molecule has 0 radical (unpaired) electrons. The van der Waals surface area contributed by atoms with Gasteiger partial charge in [0.25, 0.3) is 0 Å². The van der Waals surface area contributed by atoms with Gasteiger partial charge in [-0.05, 0) is 49.9 Å². The van der Waals surface area contributed by atoms with Crippen LogP contribution >= 0.6 is 0 Å². The predicted octanol–water partition coefficient (Wildman–Crippen LogP) is 3.67. The van der Waals surface area contributed by atoms with Crippen molar-refractivity contribution in [1.29, 1.82) is 0 Å². The molecule has 1 atom stereocenters. The number of anilines is 1. The maximum Gasteiger partial charge on any atom is 0.125 e. The zero-order valence-electron chi connectivity index (χ0n) is 13.4. The van der Waals surface area contributed by atoms with E-state index in [9.17, 15) is 0 Å². The van der Waals surface area contributed by atoms with Crippen molar-refractivity contribution in [3.05, 3.63) is 23.9 Å². The van der Waals surface area contributed by atoms with Gasteiger partial charge in [0.2, 0.25) is 0 Å². The molecule has 112 valence electrons. The fraction of sp³-hybridized carbons (Fsp3) is 0.706. The van der Waals surface area contributed by atoms with Gasteiger partial charge < -0.3 is 5.32 Å². The van der Waals surface area contributed by atoms with Crippen molar-refractivity contribution in [3.63, 3.8) is 0 Å². The Morgan fingerprint density at radius 2 is 1.90 bits per heavy atom. The van der Waals surface area contributed by atoms with Gasteiger partial charge in [-0.1, -0.05) is 33.3 Å². The molecule has 0 spiro atoms. The Hall–Kier alpha value is -1.09. The third-order valence-electron chi connectivity index (χ3n) is 4.22. The molecule has 1 aromatic rings. The summed E-state index contributed by atoms with van der Waals surface area (Å²) in [6, 6.07) is 4.86. The molecule has 1 N–H and O–H groups in total. The van der Waals surface area contributed by atoms with E-state index < -0.39 is 0 Å². The number of pyridine rings is 1. The van der Waals surface area contributed by atoms with Crippen LogP contribution in [0.5, 0.6) is 0 Å². The lowest BCUT2D eigenvalue weighted by molar-refractivity contribution is 0.180. The molecule has 1 unspecified atom stereocenters. The van der Waals surface area contributed by atoms with Crippen LogP contribution in [-0.4, -0.2) is 35.6 Å². The van der Waals surface area contributed by atoms with Crippen molar-refractivity contribution >= 4 is 5.82 Å². The number of nitrogens with zero attached hydrogens (tertiary/aromatic N) is 2. The van der Waals surface area contributed by atoms with E-state index in [0.29, 0.717) is 6.04 Å². The van der Waals surface area contributed by atoms with Crippen molar-refractivity contribution in [1.82, 2.24) is 9.88 Å². The number of hydrogen-bond acceptors (Lipinski definition) is 3. The molecule has 1 fully saturated rings. The van der Waals surface area contributed by atoms with Crippen LogP contribution in [0.15, 0.2) is 18.3 Å². The number of piperidine rings is 1.